The second-order valence-corrected chi connectivity index (χ2v) is 4.79. The number of anilines is 1. The summed E-state index contributed by atoms with van der Waals surface area (Å²) >= 11 is 6.04. The van der Waals surface area contributed by atoms with Crippen LogP contribution in [0.5, 0.6) is 0 Å². The second kappa shape index (κ2) is 5.74. The first kappa shape index (κ1) is 13.4. The molecule has 3 nitrogen and oxygen atoms in total. The van der Waals surface area contributed by atoms with Crippen LogP contribution in [0.1, 0.15) is 6.42 Å². The molecule has 1 aliphatic heterocycles. The molecule has 96 valence electrons. The van der Waals surface area contributed by atoms with Crippen molar-refractivity contribution in [3.63, 3.8) is 0 Å². The van der Waals surface area contributed by atoms with Crippen LogP contribution in [0.2, 0.25) is 5.02 Å². The van der Waals surface area contributed by atoms with E-state index in [1.54, 1.807) is 0 Å². The van der Waals surface area contributed by atoms with Gasteiger partial charge in [0.15, 0.2) is 0 Å². The summed E-state index contributed by atoms with van der Waals surface area (Å²) in [5.74, 6) is 0. The molecule has 1 saturated heterocycles. The van der Waals surface area contributed by atoms with Crippen molar-refractivity contribution in [2.45, 2.75) is 12.5 Å². The number of halogens is 2. The number of pyridine rings is 1. The van der Waals surface area contributed by atoms with Gasteiger partial charge < -0.3 is 10.6 Å². The number of nitrogens with zero attached hydrogens (tertiary/aromatic N) is 1. The lowest BCUT2D eigenvalue weighted by atomic mass is 10.1. The minimum atomic E-state index is 0. The van der Waals surface area contributed by atoms with Gasteiger partial charge in [0.25, 0.3) is 0 Å². The first-order chi connectivity index (χ1) is 8.33. The minimum Gasteiger partial charge on any atom is -0.380 e. The third-order valence-corrected chi connectivity index (χ3v) is 3.36. The van der Waals surface area contributed by atoms with E-state index in [0.29, 0.717) is 6.04 Å². The van der Waals surface area contributed by atoms with E-state index >= 15 is 0 Å². The Morgan fingerprint density at radius 1 is 1.33 bits per heavy atom. The molecule has 1 unspecified atom stereocenters. The molecule has 18 heavy (non-hydrogen) atoms. The van der Waals surface area contributed by atoms with Gasteiger partial charge in [-0.25, -0.2) is 0 Å². The first-order valence-electron chi connectivity index (χ1n) is 5.84. The molecule has 0 spiro atoms. The van der Waals surface area contributed by atoms with E-state index in [1.165, 1.54) is 0 Å². The number of hydrogen-bond donors (Lipinski definition) is 2. The van der Waals surface area contributed by atoms with Gasteiger partial charge in [-0.15, -0.1) is 12.4 Å². The first-order valence-corrected chi connectivity index (χ1v) is 6.22. The Balaban J connectivity index is 0.00000120. The molecule has 1 atom stereocenters. The van der Waals surface area contributed by atoms with Crippen LogP contribution >= 0.6 is 24.0 Å². The molecule has 5 heteroatoms. The van der Waals surface area contributed by atoms with Crippen molar-refractivity contribution in [2.75, 3.05) is 18.4 Å². The molecule has 1 fully saturated rings. The fraction of sp³-hybridized carbons (Fsp3) is 0.308. The van der Waals surface area contributed by atoms with Gasteiger partial charge in [0.05, 0.1) is 5.52 Å². The Labute approximate surface area is 117 Å². The van der Waals surface area contributed by atoms with Gasteiger partial charge in [0.2, 0.25) is 0 Å². The SMILES string of the molecule is Cl.Clc1ccc2nccc(NC3CCNC3)c2c1. The summed E-state index contributed by atoms with van der Waals surface area (Å²) in [5.41, 5.74) is 2.09. The van der Waals surface area contributed by atoms with Crippen LogP contribution in [-0.4, -0.2) is 24.1 Å². The molecule has 0 amide bonds. The van der Waals surface area contributed by atoms with Gasteiger partial charge in [0.1, 0.15) is 0 Å². The highest BCUT2D eigenvalue weighted by atomic mass is 35.5. The van der Waals surface area contributed by atoms with Crippen molar-refractivity contribution in [3.05, 3.63) is 35.5 Å². The van der Waals surface area contributed by atoms with Crippen molar-refractivity contribution in [1.29, 1.82) is 0 Å². The zero-order valence-corrected chi connectivity index (χ0v) is 11.4. The molecule has 1 aliphatic rings. The van der Waals surface area contributed by atoms with E-state index in [1.807, 2.05) is 30.5 Å². The summed E-state index contributed by atoms with van der Waals surface area (Å²) in [7, 11) is 0. The number of hydrogen-bond acceptors (Lipinski definition) is 3. The molecule has 1 aromatic heterocycles. The van der Waals surface area contributed by atoms with Crippen LogP contribution in [0.15, 0.2) is 30.5 Å². The topological polar surface area (TPSA) is 37.0 Å². The molecule has 2 heterocycles. The zero-order valence-electron chi connectivity index (χ0n) is 9.82. The van der Waals surface area contributed by atoms with Crippen LogP contribution < -0.4 is 10.6 Å². The van der Waals surface area contributed by atoms with Gasteiger partial charge in [-0.1, -0.05) is 11.6 Å². The van der Waals surface area contributed by atoms with E-state index in [2.05, 4.69) is 15.6 Å². The van der Waals surface area contributed by atoms with E-state index in [0.717, 1.165) is 41.1 Å². The maximum atomic E-state index is 6.04. The summed E-state index contributed by atoms with van der Waals surface area (Å²) < 4.78 is 0. The Morgan fingerprint density at radius 2 is 2.22 bits per heavy atom. The van der Waals surface area contributed by atoms with E-state index in [-0.39, 0.29) is 12.4 Å². The van der Waals surface area contributed by atoms with Crippen LogP contribution in [0.4, 0.5) is 5.69 Å². The van der Waals surface area contributed by atoms with Gasteiger partial charge in [-0.3, -0.25) is 4.98 Å². The number of rotatable bonds is 2. The standard InChI is InChI=1S/C13H14ClN3.ClH/c14-9-1-2-12-11(7-9)13(4-6-16-12)17-10-3-5-15-8-10;/h1-2,4,6-7,10,15H,3,5,8H2,(H,16,17);1H. The van der Waals surface area contributed by atoms with Crippen molar-refractivity contribution < 1.29 is 0 Å². The van der Waals surface area contributed by atoms with Crippen molar-refractivity contribution in [1.82, 2.24) is 10.3 Å². The monoisotopic (exact) mass is 283 g/mol. The normalized spacial score (nSPS) is 18.6. The predicted octanol–water partition coefficient (Wildman–Crippen LogP) is 3.08. The van der Waals surface area contributed by atoms with Crippen LogP contribution in [0.3, 0.4) is 0 Å². The molecular formula is C13H15Cl2N3. The van der Waals surface area contributed by atoms with Crippen LogP contribution in [0.25, 0.3) is 10.9 Å². The highest BCUT2D eigenvalue weighted by Gasteiger charge is 2.14. The Kier molecular flexibility index (Phi) is 4.27. The Morgan fingerprint density at radius 3 is 3.00 bits per heavy atom. The van der Waals surface area contributed by atoms with Crippen molar-refractivity contribution in [3.8, 4) is 0 Å². The van der Waals surface area contributed by atoms with Gasteiger partial charge >= 0.3 is 0 Å². The lowest BCUT2D eigenvalue weighted by molar-refractivity contribution is 0.794. The quantitative estimate of drug-likeness (QED) is 0.890. The molecule has 0 aliphatic carbocycles. The fourth-order valence-electron chi connectivity index (χ4n) is 2.24. The highest BCUT2D eigenvalue weighted by Crippen LogP contribution is 2.25. The minimum absolute atomic E-state index is 0. The van der Waals surface area contributed by atoms with Crippen LogP contribution in [-0.2, 0) is 0 Å². The van der Waals surface area contributed by atoms with E-state index in [4.69, 9.17) is 11.6 Å². The third-order valence-electron chi connectivity index (χ3n) is 3.12. The summed E-state index contributed by atoms with van der Waals surface area (Å²) in [6.07, 6.45) is 2.99. The second-order valence-electron chi connectivity index (χ2n) is 4.35. The summed E-state index contributed by atoms with van der Waals surface area (Å²) in [6.45, 7) is 2.10. The molecule has 0 bridgehead atoms. The van der Waals surface area contributed by atoms with Crippen LogP contribution in [0, 0.1) is 0 Å². The zero-order chi connectivity index (χ0) is 11.7. The Bertz CT molecular complexity index is 539. The summed E-state index contributed by atoms with van der Waals surface area (Å²) in [5, 5.41) is 8.74. The van der Waals surface area contributed by atoms with Crippen molar-refractivity contribution in [2.24, 2.45) is 0 Å². The van der Waals surface area contributed by atoms with E-state index < -0.39 is 0 Å². The number of aromatic nitrogens is 1. The number of benzene rings is 1. The van der Waals surface area contributed by atoms with Crippen molar-refractivity contribution >= 4 is 40.6 Å². The van der Waals surface area contributed by atoms with E-state index in [9.17, 15) is 0 Å². The maximum absolute atomic E-state index is 6.04. The van der Waals surface area contributed by atoms with Gasteiger partial charge in [-0.05, 0) is 37.2 Å². The lowest BCUT2D eigenvalue weighted by Crippen LogP contribution is -2.22. The number of nitrogens with one attached hydrogen (secondary N) is 2. The molecule has 3 rings (SSSR count). The molecular weight excluding hydrogens is 269 g/mol. The Hall–Kier alpha value is -1.03. The highest BCUT2D eigenvalue weighted by molar-refractivity contribution is 6.31. The molecule has 0 radical (unpaired) electrons. The smallest absolute Gasteiger partial charge is 0.0723 e. The van der Waals surface area contributed by atoms with Gasteiger partial charge in [-0.2, -0.15) is 0 Å². The predicted molar refractivity (Wildman–Crippen MR) is 78.9 cm³/mol. The van der Waals surface area contributed by atoms with Gasteiger partial charge in [0, 0.05) is 34.9 Å². The average Bonchev–Trinajstić information content (AvgIpc) is 2.83. The average molecular weight is 284 g/mol. The molecule has 2 N–H and O–H groups in total. The number of fused-ring (bicyclic) bond motifs is 1. The summed E-state index contributed by atoms with van der Waals surface area (Å²) in [6, 6.07) is 8.30. The molecule has 2 aromatic rings. The third kappa shape index (κ3) is 2.69. The maximum Gasteiger partial charge on any atom is 0.0723 e. The molecule has 0 saturated carbocycles. The largest absolute Gasteiger partial charge is 0.380 e. The fourth-order valence-corrected chi connectivity index (χ4v) is 2.41. The summed E-state index contributed by atoms with van der Waals surface area (Å²) in [4.78, 5) is 4.34. The molecule has 1 aromatic carbocycles. The lowest BCUT2D eigenvalue weighted by Gasteiger charge is -2.14.